The number of hydrogen-bond donors (Lipinski definition) is 0. The van der Waals surface area contributed by atoms with E-state index >= 15 is 0 Å². The van der Waals surface area contributed by atoms with E-state index in [0.717, 1.165) is 33.8 Å². The van der Waals surface area contributed by atoms with Crippen LogP contribution in [0.25, 0.3) is 11.1 Å². The van der Waals surface area contributed by atoms with Crippen LogP contribution in [0.1, 0.15) is 28.4 Å². The molecular formula is C22H22O4. The van der Waals surface area contributed by atoms with Crippen LogP contribution in [-0.4, -0.2) is 26.8 Å². The quantitative estimate of drug-likeness (QED) is 0.611. The molecule has 0 saturated carbocycles. The van der Waals surface area contributed by atoms with Gasteiger partial charge in [-0.2, -0.15) is 0 Å². The van der Waals surface area contributed by atoms with Gasteiger partial charge < -0.3 is 14.2 Å². The number of fused-ring (bicyclic) bond motifs is 1. The monoisotopic (exact) mass is 350 g/mol. The van der Waals surface area contributed by atoms with E-state index in [-0.39, 0.29) is 5.97 Å². The maximum absolute atomic E-state index is 12.4. The molecule has 3 rings (SSSR count). The van der Waals surface area contributed by atoms with Gasteiger partial charge in [-0.3, -0.25) is 0 Å². The highest BCUT2D eigenvalue weighted by atomic mass is 16.5. The molecule has 4 heteroatoms. The van der Waals surface area contributed by atoms with Crippen molar-refractivity contribution in [1.29, 1.82) is 0 Å². The normalized spacial score (nSPS) is 10.6. The first-order chi connectivity index (χ1) is 12.7. The van der Waals surface area contributed by atoms with Crippen LogP contribution >= 0.6 is 0 Å². The average molecular weight is 350 g/mol. The van der Waals surface area contributed by atoms with Crippen molar-refractivity contribution in [3.05, 3.63) is 71.3 Å². The molecule has 2 aliphatic rings. The van der Waals surface area contributed by atoms with Crippen LogP contribution in [0.3, 0.4) is 0 Å². The van der Waals surface area contributed by atoms with E-state index in [0.29, 0.717) is 18.6 Å². The van der Waals surface area contributed by atoms with E-state index in [1.54, 1.807) is 14.2 Å². The van der Waals surface area contributed by atoms with Crippen molar-refractivity contribution in [3.63, 3.8) is 0 Å². The van der Waals surface area contributed by atoms with Gasteiger partial charge in [-0.15, -0.1) is 0 Å². The molecular weight excluding hydrogens is 328 g/mol. The van der Waals surface area contributed by atoms with E-state index in [1.165, 1.54) is 0 Å². The predicted molar refractivity (Wildman–Crippen MR) is 101 cm³/mol. The predicted octanol–water partition coefficient (Wildman–Crippen LogP) is 4.58. The average Bonchev–Trinajstić information content (AvgIpc) is 2.83. The topological polar surface area (TPSA) is 44.8 Å². The zero-order valence-corrected chi connectivity index (χ0v) is 15.2. The van der Waals surface area contributed by atoms with Gasteiger partial charge in [-0.05, 0) is 53.8 Å². The molecule has 134 valence electrons. The van der Waals surface area contributed by atoms with E-state index in [4.69, 9.17) is 14.2 Å². The molecule has 0 bridgehead atoms. The van der Waals surface area contributed by atoms with Gasteiger partial charge in [0.1, 0.15) is 11.5 Å². The summed E-state index contributed by atoms with van der Waals surface area (Å²) >= 11 is 0. The Hall–Kier alpha value is -3.01. The second kappa shape index (κ2) is 7.91. The van der Waals surface area contributed by atoms with Gasteiger partial charge in [0, 0.05) is 6.07 Å². The van der Waals surface area contributed by atoms with Crippen LogP contribution in [0.5, 0.6) is 11.5 Å². The van der Waals surface area contributed by atoms with Gasteiger partial charge in [0.25, 0.3) is 0 Å². The van der Waals surface area contributed by atoms with Gasteiger partial charge in [-0.1, -0.05) is 30.3 Å². The summed E-state index contributed by atoms with van der Waals surface area (Å²) in [5, 5.41) is 0. The van der Waals surface area contributed by atoms with Crippen LogP contribution in [0.4, 0.5) is 0 Å². The Balaban J connectivity index is 2.05. The Morgan fingerprint density at radius 3 is 2.15 bits per heavy atom. The molecule has 1 aromatic carbocycles. The third-order valence-corrected chi connectivity index (χ3v) is 4.29. The van der Waals surface area contributed by atoms with Crippen molar-refractivity contribution < 1.29 is 19.0 Å². The lowest BCUT2D eigenvalue weighted by Crippen LogP contribution is -2.03. The van der Waals surface area contributed by atoms with Crippen LogP contribution in [-0.2, 0) is 11.2 Å². The van der Waals surface area contributed by atoms with E-state index in [2.05, 4.69) is 0 Å². The first-order valence-corrected chi connectivity index (χ1v) is 8.56. The Morgan fingerprint density at radius 1 is 0.885 bits per heavy atom. The maximum atomic E-state index is 12.4. The van der Waals surface area contributed by atoms with Crippen molar-refractivity contribution in [3.8, 4) is 22.6 Å². The van der Waals surface area contributed by atoms with Crippen molar-refractivity contribution in [2.24, 2.45) is 0 Å². The number of methoxy groups -OCH3 is 2. The maximum Gasteiger partial charge on any atom is 0.338 e. The molecule has 1 aromatic rings. The third-order valence-electron chi connectivity index (χ3n) is 4.29. The molecule has 0 amide bonds. The number of hydrogen-bond acceptors (Lipinski definition) is 4. The number of carbonyl (C=O) groups excluding carboxylic acids is 1. The molecule has 0 radical (unpaired) electrons. The van der Waals surface area contributed by atoms with Crippen LogP contribution < -0.4 is 9.47 Å². The molecule has 0 spiro atoms. The Labute approximate surface area is 153 Å². The van der Waals surface area contributed by atoms with Crippen molar-refractivity contribution in [1.82, 2.24) is 0 Å². The van der Waals surface area contributed by atoms with Crippen molar-refractivity contribution >= 4 is 5.97 Å². The molecule has 26 heavy (non-hydrogen) atoms. The number of esters is 1. The molecule has 0 heterocycles. The molecule has 2 aliphatic carbocycles. The SMILES string of the molecule is CCOC(=O)c1cc(Cc2cc(OC)cc(OC)c2)c2cccccc1-2. The van der Waals surface area contributed by atoms with Gasteiger partial charge in [0.2, 0.25) is 0 Å². The summed E-state index contributed by atoms with van der Waals surface area (Å²) in [4.78, 5) is 12.4. The minimum absolute atomic E-state index is 0.293. The second-order valence-electron chi connectivity index (χ2n) is 5.94. The minimum Gasteiger partial charge on any atom is -0.497 e. The Morgan fingerprint density at radius 2 is 1.54 bits per heavy atom. The third kappa shape index (κ3) is 3.64. The van der Waals surface area contributed by atoms with Gasteiger partial charge >= 0.3 is 5.97 Å². The standard InChI is InChI=1S/C22H22O4/c1-4-26-22(23)21-13-16(19-8-6-5-7-9-20(19)21)10-15-11-17(24-2)14-18(12-15)25-3/h5-9,11-14H,4,10H2,1-3H3. The summed E-state index contributed by atoms with van der Waals surface area (Å²) in [6.07, 6.45) is 0.660. The summed E-state index contributed by atoms with van der Waals surface area (Å²) in [6.45, 7) is 2.17. The van der Waals surface area contributed by atoms with Crippen molar-refractivity contribution in [2.75, 3.05) is 20.8 Å². The fraction of sp³-hybridized carbons (Fsp3) is 0.227. The smallest absolute Gasteiger partial charge is 0.338 e. The van der Waals surface area contributed by atoms with E-state index in [9.17, 15) is 4.79 Å². The summed E-state index contributed by atoms with van der Waals surface area (Å²) in [5.41, 5.74) is 4.66. The highest BCUT2D eigenvalue weighted by Gasteiger charge is 2.21. The van der Waals surface area contributed by atoms with Crippen molar-refractivity contribution in [2.45, 2.75) is 13.3 Å². The Kier molecular flexibility index (Phi) is 5.42. The molecule has 0 N–H and O–H groups in total. The van der Waals surface area contributed by atoms with E-state index < -0.39 is 0 Å². The fourth-order valence-corrected chi connectivity index (χ4v) is 3.10. The number of benzene rings is 1. The second-order valence-corrected chi connectivity index (χ2v) is 5.94. The van der Waals surface area contributed by atoms with Gasteiger partial charge in [0.15, 0.2) is 0 Å². The zero-order valence-electron chi connectivity index (χ0n) is 15.2. The largest absolute Gasteiger partial charge is 0.497 e. The van der Waals surface area contributed by atoms with Crippen LogP contribution in [0.2, 0.25) is 0 Å². The number of carbonyl (C=O) groups is 1. The first-order valence-electron chi connectivity index (χ1n) is 8.56. The molecule has 0 fully saturated rings. The fourth-order valence-electron chi connectivity index (χ4n) is 3.10. The summed E-state index contributed by atoms with van der Waals surface area (Å²) in [5.74, 6) is 1.19. The molecule has 0 aromatic heterocycles. The summed E-state index contributed by atoms with van der Waals surface area (Å²) in [7, 11) is 3.27. The van der Waals surface area contributed by atoms with Gasteiger partial charge in [0.05, 0.1) is 26.4 Å². The highest BCUT2D eigenvalue weighted by Crippen LogP contribution is 2.35. The summed E-state index contributed by atoms with van der Waals surface area (Å²) < 4.78 is 15.9. The molecule has 0 saturated heterocycles. The van der Waals surface area contributed by atoms with Crippen LogP contribution in [0.15, 0.2) is 54.6 Å². The first kappa shape index (κ1) is 17.8. The van der Waals surface area contributed by atoms with E-state index in [1.807, 2.05) is 61.5 Å². The molecule has 4 nitrogen and oxygen atoms in total. The lowest BCUT2D eigenvalue weighted by Gasteiger charge is -2.09. The minimum atomic E-state index is -0.293. The molecule has 0 unspecified atom stereocenters. The zero-order chi connectivity index (χ0) is 18.5. The molecule has 0 aliphatic heterocycles. The molecule has 0 atom stereocenters. The van der Waals surface area contributed by atoms with Gasteiger partial charge in [-0.25, -0.2) is 4.79 Å². The highest BCUT2D eigenvalue weighted by molar-refractivity contribution is 6.00. The lowest BCUT2D eigenvalue weighted by atomic mass is 10.0. The lowest BCUT2D eigenvalue weighted by molar-refractivity contribution is 0.0527. The summed E-state index contributed by atoms with van der Waals surface area (Å²) in [6, 6.07) is 17.6. The number of rotatable bonds is 6. The van der Waals surface area contributed by atoms with Crippen LogP contribution in [0, 0.1) is 0 Å². The number of ether oxygens (including phenoxy) is 3. The Bertz CT molecular complexity index is 863.